The molecule has 0 spiro atoms. The molecular formula is C20H30F2N4O. The maximum Gasteiger partial charge on any atom is 0.274 e. The number of pyridine rings is 1. The molecule has 1 aromatic heterocycles. The highest BCUT2D eigenvalue weighted by atomic mass is 19.3. The number of rotatable bonds is 5. The van der Waals surface area contributed by atoms with Gasteiger partial charge in [-0.1, -0.05) is 27.2 Å². The van der Waals surface area contributed by atoms with E-state index in [-0.39, 0.29) is 23.3 Å². The van der Waals surface area contributed by atoms with Gasteiger partial charge in [-0.3, -0.25) is 14.7 Å². The van der Waals surface area contributed by atoms with Gasteiger partial charge in [0.1, 0.15) is 0 Å². The van der Waals surface area contributed by atoms with Crippen LogP contribution in [0.5, 0.6) is 0 Å². The highest BCUT2D eigenvalue weighted by molar-refractivity contribution is 5.97. The monoisotopic (exact) mass is 380 g/mol. The third-order valence-corrected chi connectivity index (χ3v) is 5.45. The Morgan fingerprint density at radius 3 is 2.85 bits per heavy atom. The third-order valence-electron chi connectivity index (χ3n) is 5.45. The Morgan fingerprint density at radius 1 is 1.44 bits per heavy atom. The number of amides is 1. The predicted molar refractivity (Wildman–Crippen MR) is 102 cm³/mol. The molecule has 0 bridgehead atoms. The molecule has 1 unspecified atom stereocenters. The van der Waals surface area contributed by atoms with Gasteiger partial charge in [-0.15, -0.1) is 0 Å². The van der Waals surface area contributed by atoms with Crippen LogP contribution < -0.4 is 10.2 Å². The van der Waals surface area contributed by atoms with E-state index in [4.69, 9.17) is 0 Å². The topological polar surface area (TPSA) is 48.5 Å². The fourth-order valence-electron chi connectivity index (χ4n) is 4.05. The van der Waals surface area contributed by atoms with Crippen molar-refractivity contribution < 1.29 is 13.6 Å². The Labute approximate surface area is 160 Å². The maximum atomic E-state index is 14.4. The van der Waals surface area contributed by atoms with Crippen molar-refractivity contribution in [1.29, 1.82) is 0 Å². The lowest BCUT2D eigenvalue weighted by Crippen LogP contribution is -2.52. The first-order valence-electron chi connectivity index (χ1n) is 9.79. The minimum Gasteiger partial charge on any atom is -0.312 e. The molecule has 0 aromatic carbocycles. The molecule has 2 aliphatic heterocycles. The maximum absolute atomic E-state index is 14.4. The summed E-state index contributed by atoms with van der Waals surface area (Å²) in [6.45, 7) is 11.1. The Kier molecular flexibility index (Phi) is 5.54. The van der Waals surface area contributed by atoms with Crippen LogP contribution in [0.4, 0.5) is 14.5 Å². The highest BCUT2D eigenvalue weighted by Crippen LogP contribution is 2.42. The molecule has 2 aliphatic rings. The molecule has 1 fully saturated rings. The highest BCUT2D eigenvalue weighted by Gasteiger charge is 2.42. The lowest BCUT2D eigenvalue weighted by atomic mass is 9.91. The van der Waals surface area contributed by atoms with Crippen molar-refractivity contribution in [2.24, 2.45) is 0 Å². The number of anilines is 1. The smallest absolute Gasteiger partial charge is 0.274 e. The molecule has 5 nitrogen and oxygen atoms in total. The van der Waals surface area contributed by atoms with E-state index in [1.54, 1.807) is 11.8 Å². The van der Waals surface area contributed by atoms with Gasteiger partial charge in [0, 0.05) is 55.8 Å². The summed E-state index contributed by atoms with van der Waals surface area (Å²) >= 11 is 0. The zero-order valence-electron chi connectivity index (χ0n) is 16.7. The van der Waals surface area contributed by atoms with Crippen LogP contribution in [0.1, 0.15) is 51.8 Å². The van der Waals surface area contributed by atoms with E-state index in [9.17, 15) is 13.6 Å². The second kappa shape index (κ2) is 7.43. The number of carbonyl (C=O) groups excluding carboxylic acids is 1. The molecular weight excluding hydrogens is 350 g/mol. The van der Waals surface area contributed by atoms with E-state index in [1.165, 1.54) is 12.3 Å². The number of fused-ring (bicyclic) bond motifs is 1. The van der Waals surface area contributed by atoms with Gasteiger partial charge in [-0.25, -0.2) is 8.78 Å². The fraction of sp³-hybridized carbons (Fsp3) is 0.700. The summed E-state index contributed by atoms with van der Waals surface area (Å²) in [5.74, 6) is -2.97. The molecule has 1 atom stereocenters. The van der Waals surface area contributed by atoms with Crippen LogP contribution in [-0.4, -0.2) is 54.6 Å². The second-order valence-corrected chi connectivity index (χ2v) is 8.50. The number of alkyl halides is 2. The molecule has 0 radical (unpaired) electrons. The van der Waals surface area contributed by atoms with Crippen LogP contribution in [0.2, 0.25) is 0 Å². The van der Waals surface area contributed by atoms with Crippen molar-refractivity contribution in [2.75, 3.05) is 37.6 Å². The third kappa shape index (κ3) is 4.14. The summed E-state index contributed by atoms with van der Waals surface area (Å²) in [5, 5.41) is 3.36. The van der Waals surface area contributed by atoms with Gasteiger partial charge in [0.05, 0.1) is 17.9 Å². The van der Waals surface area contributed by atoms with Gasteiger partial charge in [0.25, 0.3) is 5.92 Å². The first kappa shape index (κ1) is 20.1. The van der Waals surface area contributed by atoms with Crippen molar-refractivity contribution in [3.05, 3.63) is 23.5 Å². The van der Waals surface area contributed by atoms with Crippen LogP contribution in [0.25, 0.3) is 0 Å². The van der Waals surface area contributed by atoms with E-state index >= 15 is 0 Å². The largest absolute Gasteiger partial charge is 0.312 e. The van der Waals surface area contributed by atoms with Crippen LogP contribution >= 0.6 is 0 Å². The Bertz CT molecular complexity index is 707. The van der Waals surface area contributed by atoms with Gasteiger partial charge in [-0.2, -0.15) is 0 Å². The molecule has 27 heavy (non-hydrogen) atoms. The number of hydrogen-bond donors (Lipinski definition) is 1. The number of aromatic nitrogens is 1. The van der Waals surface area contributed by atoms with Crippen molar-refractivity contribution in [3.8, 4) is 0 Å². The Balaban J connectivity index is 1.85. The van der Waals surface area contributed by atoms with Gasteiger partial charge in [-0.05, 0) is 13.0 Å². The van der Waals surface area contributed by atoms with Crippen LogP contribution in [0.3, 0.4) is 0 Å². The van der Waals surface area contributed by atoms with Crippen LogP contribution in [0, 0.1) is 0 Å². The van der Waals surface area contributed by atoms with Crippen LogP contribution in [0.15, 0.2) is 12.3 Å². The lowest BCUT2D eigenvalue weighted by molar-refractivity contribution is -0.120. The van der Waals surface area contributed by atoms with Crippen LogP contribution in [-0.2, 0) is 16.1 Å². The molecule has 1 amide bonds. The summed E-state index contributed by atoms with van der Waals surface area (Å²) in [5.41, 5.74) is 0.816. The zero-order valence-corrected chi connectivity index (χ0v) is 16.7. The van der Waals surface area contributed by atoms with E-state index in [0.717, 1.165) is 25.3 Å². The minimum absolute atomic E-state index is 0.0475. The zero-order chi connectivity index (χ0) is 19.8. The predicted octanol–water partition coefficient (Wildman–Crippen LogP) is 2.89. The molecule has 0 aliphatic carbocycles. The van der Waals surface area contributed by atoms with Gasteiger partial charge in [0.15, 0.2) is 0 Å². The standard InChI is InChI=1S/C20H30F2N4O/c1-5-6-20(21,22)15-9-16-18(24-10-15)19(3,4)13-26(16)17(27)12-25-8-7-23-14(2)11-25/h9-10,14,23H,5-8,11-13H2,1-4H3. The number of carbonyl (C=O) groups is 1. The van der Waals surface area contributed by atoms with E-state index in [1.807, 2.05) is 13.8 Å². The Hall–Kier alpha value is -1.60. The SMILES string of the molecule is CCCC(F)(F)c1cnc2c(c1)N(C(=O)CN1CCNC(C)C1)CC2(C)C. The number of hydrogen-bond acceptors (Lipinski definition) is 4. The number of halogens is 2. The molecule has 1 aromatic rings. The second-order valence-electron chi connectivity index (χ2n) is 8.50. The molecule has 0 saturated carbocycles. The first-order chi connectivity index (χ1) is 12.6. The molecule has 3 rings (SSSR count). The summed E-state index contributed by atoms with van der Waals surface area (Å²) in [4.78, 5) is 21.1. The fourth-order valence-corrected chi connectivity index (χ4v) is 4.05. The van der Waals surface area contributed by atoms with Crippen molar-refractivity contribution in [3.63, 3.8) is 0 Å². The van der Waals surface area contributed by atoms with Crippen molar-refractivity contribution in [2.45, 2.75) is 57.9 Å². The van der Waals surface area contributed by atoms with Gasteiger partial charge in [0.2, 0.25) is 5.91 Å². The average molecular weight is 380 g/mol. The quantitative estimate of drug-likeness (QED) is 0.853. The minimum atomic E-state index is -2.92. The molecule has 3 heterocycles. The number of nitrogens with zero attached hydrogens (tertiary/aromatic N) is 3. The van der Waals surface area contributed by atoms with Crippen molar-refractivity contribution in [1.82, 2.24) is 15.2 Å². The molecule has 150 valence electrons. The van der Waals surface area contributed by atoms with Gasteiger partial charge < -0.3 is 10.2 Å². The van der Waals surface area contributed by atoms with E-state index < -0.39 is 5.92 Å². The number of nitrogens with one attached hydrogen (secondary N) is 1. The van der Waals surface area contributed by atoms with Crippen molar-refractivity contribution >= 4 is 11.6 Å². The normalized spacial score (nSPS) is 22.7. The summed E-state index contributed by atoms with van der Waals surface area (Å²) in [6, 6.07) is 1.82. The van der Waals surface area contributed by atoms with E-state index in [2.05, 4.69) is 22.1 Å². The van der Waals surface area contributed by atoms with E-state index in [0.29, 0.717) is 31.2 Å². The first-order valence-corrected chi connectivity index (χ1v) is 9.79. The summed E-state index contributed by atoms with van der Waals surface area (Å²) in [7, 11) is 0. The van der Waals surface area contributed by atoms with Gasteiger partial charge >= 0.3 is 0 Å². The lowest BCUT2D eigenvalue weighted by Gasteiger charge is -2.32. The Morgan fingerprint density at radius 2 is 2.19 bits per heavy atom. The average Bonchev–Trinajstić information content (AvgIpc) is 2.86. The number of piperazine rings is 1. The summed E-state index contributed by atoms with van der Waals surface area (Å²) < 4.78 is 28.8. The molecule has 1 N–H and O–H groups in total. The molecule has 1 saturated heterocycles. The molecule has 7 heteroatoms. The summed E-state index contributed by atoms with van der Waals surface area (Å²) in [6.07, 6.45) is 1.45.